The van der Waals surface area contributed by atoms with Crippen LogP contribution in [-0.4, -0.2) is 30.0 Å². The molecule has 1 fully saturated rings. The van der Waals surface area contributed by atoms with E-state index in [0.29, 0.717) is 0 Å². The number of rotatable bonds is 5. The Balaban J connectivity index is 1.61. The highest BCUT2D eigenvalue weighted by molar-refractivity contribution is 6.00. The lowest BCUT2D eigenvalue weighted by Crippen LogP contribution is -2.35. The van der Waals surface area contributed by atoms with E-state index >= 15 is 0 Å². The number of hydrogen-bond donors (Lipinski definition) is 2. The van der Waals surface area contributed by atoms with Crippen molar-refractivity contribution in [1.82, 2.24) is 5.32 Å². The standard InChI is InChI=1S/C21H22F2N2O3/c1-12-4-3-5-18(13(12)2)25-11-15(9-20(25)27)21(28)24-10-19(26)14-6-7-16(22)17(23)8-14/h3-8,15,19,26H,9-11H2,1-2H3,(H,24,28). The maximum Gasteiger partial charge on any atom is 0.227 e. The Hall–Kier alpha value is -2.80. The predicted octanol–water partition coefficient (Wildman–Crippen LogP) is 2.78. The summed E-state index contributed by atoms with van der Waals surface area (Å²) in [7, 11) is 0. The molecule has 148 valence electrons. The molecule has 0 spiro atoms. The molecule has 2 aromatic rings. The van der Waals surface area contributed by atoms with Gasteiger partial charge in [-0.05, 0) is 48.7 Å². The number of aliphatic hydroxyl groups is 1. The van der Waals surface area contributed by atoms with Crippen LogP contribution in [-0.2, 0) is 9.59 Å². The number of amides is 2. The summed E-state index contributed by atoms with van der Waals surface area (Å²) in [5.74, 6) is -3.09. The number of hydrogen-bond acceptors (Lipinski definition) is 3. The van der Waals surface area contributed by atoms with Crippen LogP contribution < -0.4 is 10.2 Å². The van der Waals surface area contributed by atoms with Crippen LogP contribution in [0, 0.1) is 31.4 Å². The zero-order valence-electron chi connectivity index (χ0n) is 15.7. The Bertz CT molecular complexity index is 917. The molecule has 7 heteroatoms. The van der Waals surface area contributed by atoms with Crippen LogP contribution in [0.15, 0.2) is 36.4 Å². The molecular formula is C21H22F2N2O3. The first-order chi connectivity index (χ1) is 13.3. The third-order valence-electron chi connectivity index (χ3n) is 5.16. The molecule has 2 amide bonds. The van der Waals surface area contributed by atoms with E-state index in [2.05, 4.69) is 5.32 Å². The van der Waals surface area contributed by atoms with Crippen molar-refractivity contribution in [3.8, 4) is 0 Å². The van der Waals surface area contributed by atoms with Crippen molar-refractivity contribution >= 4 is 17.5 Å². The Kier molecular flexibility index (Phi) is 5.74. The molecule has 1 heterocycles. The minimum absolute atomic E-state index is 0.0838. The van der Waals surface area contributed by atoms with Gasteiger partial charge in [-0.15, -0.1) is 0 Å². The average molecular weight is 388 g/mol. The molecule has 5 nitrogen and oxygen atoms in total. The fourth-order valence-corrected chi connectivity index (χ4v) is 3.32. The molecule has 1 aliphatic rings. The first-order valence-electron chi connectivity index (χ1n) is 9.05. The van der Waals surface area contributed by atoms with E-state index in [1.165, 1.54) is 6.07 Å². The van der Waals surface area contributed by atoms with Gasteiger partial charge in [0.1, 0.15) is 0 Å². The third kappa shape index (κ3) is 4.04. The molecule has 1 aliphatic heterocycles. The van der Waals surface area contributed by atoms with Crippen LogP contribution in [0.1, 0.15) is 29.2 Å². The number of anilines is 1. The van der Waals surface area contributed by atoms with Crippen molar-refractivity contribution in [2.75, 3.05) is 18.0 Å². The molecule has 1 saturated heterocycles. The summed E-state index contributed by atoms with van der Waals surface area (Å²) in [5, 5.41) is 12.7. The summed E-state index contributed by atoms with van der Waals surface area (Å²) in [6, 6.07) is 8.77. The van der Waals surface area contributed by atoms with Crippen LogP contribution in [0.2, 0.25) is 0 Å². The molecule has 0 saturated carbocycles. The number of aryl methyl sites for hydroxylation is 1. The van der Waals surface area contributed by atoms with E-state index in [1.54, 1.807) is 4.90 Å². The summed E-state index contributed by atoms with van der Waals surface area (Å²) < 4.78 is 26.3. The highest BCUT2D eigenvalue weighted by atomic mass is 19.2. The minimum atomic E-state index is -1.17. The fraction of sp³-hybridized carbons (Fsp3) is 0.333. The number of nitrogens with one attached hydrogen (secondary N) is 1. The number of benzene rings is 2. The highest BCUT2D eigenvalue weighted by Gasteiger charge is 2.35. The van der Waals surface area contributed by atoms with E-state index in [4.69, 9.17) is 0 Å². The van der Waals surface area contributed by atoms with Gasteiger partial charge >= 0.3 is 0 Å². The van der Waals surface area contributed by atoms with E-state index in [9.17, 15) is 23.5 Å². The van der Waals surface area contributed by atoms with Crippen molar-refractivity contribution < 1.29 is 23.5 Å². The molecule has 0 aromatic heterocycles. The van der Waals surface area contributed by atoms with Crippen LogP contribution >= 0.6 is 0 Å². The van der Waals surface area contributed by atoms with Gasteiger partial charge in [-0.1, -0.05) is 18.2 Å². The van der Waals surface area contributed by atoms with Gasteiger partial charge in [-0.25, -0.2) is 8.78 Å². The van der Waals surface area contributed by atoms with Gasteiger partial charge in [-0.2, -0.15) is 0 Å². The summed E-state index contributed by atoms with van der Waals surface area (Å²) >= 11 is 0. The molecule has 0 aliphatic carbocycles. The van der Waals surface area contributed by atoms with Crippen molar-refractivity contribution in [3.63, 3.8) is 0 Å². The molecular weight excluding hydrogens is 366 g/mol. The van der Waals surface area contributed by atoms with Gasteiger partial charge in [0.25, 0.3) is 0 Å². The second-order valence-corrected chi connectivity index (χ2v) is 7.06. The molecule has 2 N–H and O–H groups in total. The topological polar surface area (TPSA) is 69.6 Å². The Morgan fingerprint density at radius 2 is 2.00 bits per heavy atom. The van der Waals surface area contributed by atoms with Gasteiger partial charge in [0.2, 0.25) is 11.8 Å². The zero-order chi connectivity index (χ0) is 20.4. The third-order valence-corrected chi connectivity index (χ3v) is 5.16. The average Bonchev–Trinajstić information content (AvgIpc) is 3.05. The Morgan fingerprint density at radius 3 is 2.71 bits per heavy atom. The highest BCUT2D eigenvalue weighted by Crippen LogP contribution is 2.29. The molecule has 2 atom stereocenters. The van der Waals surface area contributed by atoms with Gasteiger partial charge in [0.15, 0.2) is 11.6 Å². The lowest BCUT2D eigenvalue weighted by molar-refractivity contribution is -0.126. The lowest BCUT2D eigenvalue weighted by Gasteiger charge is -2.20. The van der Waals surface area contributed by atoms with Gasteiger partial charge in [0.05, 0.1) is 12.0 Å². The molecule has 28 heavy (non-hydrogen) atoms. The van der Waals surface area contributed by atoms with E-state index < -0.39 is 23.7 Å². The van der Waals surface area contributed by atoms with Crippen LogP contribution in [0.4, 0.5) is 14.5 Å². The summed E-state index contributed by atoms with van der Waals surface area (Å²) in [6.45, 7) is 4.00. The van der Waals surface area contributed by atoms with Crippen LogP contribution in [0.5, 0.6) is 0 Å². The quantitative estimate of drug-likeness (QED) is 0.828. The van der Waals surface area contributed by atoms with Gasteiger partial charge in [0, 0.05) is 25.2 Å². The largest absolute Gasteiger partial charge is 0.387 e. The normalized spacial score (nSPS) is 17.7. The summed E-state index contributed by atoms with van der Waals surface area (Å²) in [6.07, 6.45) is -1.09. The Labute approximate surface area is 162 Å². The number of nitrogens with zero attached hydrogens (tertiary/aromatic N) is 1. The number of carbonyl (C=O) groups is 2. The first kappa shape index (κ1) is 19.9. The van der Waals surface area contributed by atoms with E-state index in [1.807, 2.05) is 32.0 Å². The number of carbonyl (C=O) groups excluding carboxylic acids is 2. The smallest absolute Gasteiger partial charge is 0.227 e. The fourth-order valence-electron chi connectivity index (χ4n) is 3.32. The lowest BCUT2D eigenvalue weighted by atomic mass is 10.1. The second-order valence-electron chi connectivity index (χ2n) is 7.06. The van der Waals surface area contributed by atoms with Crippen molar-refractivity contribution in [1.29, 1.82) is 0 Å². The van der Waals surface area contributed by atoms with Crippen molar-refractivity contribution in [3.05, 3.63) is 64.7 Å². The van der Waals surface area contributed by atoms with E-state index in [-0.39, 0.29) is 36.9 Å². The predicted molar refractivity (Wildman–Crippen MR) is 101 cm³/mol. The maximum atomic E-state index is 13.3. The molecule has 2 aromatic carbocycles. The molecule has 3 rings (SSSR count). The van der Waals surface area contributed by atoms with Gasteiger partial charge < -0.3 is 15.3 Å². The summed E-state index contributed by atoms with van der Waals surface area (Å²) in [5.41, 5.74) is 3.01. The van der Waals surface area contributed by atoms with E-state index in [0.717, 1.165) is 28.9 Å². The van der Waals surface area contributed by atoms with Crippen molar-refractivity contribution in [2.45, 2.75) is 26.4 Å². The van der Waals surface area contributed by atoms with Crippen LogP contribution in [0.3, 0.4) is 0 Å². The minimum Gasteiger partial charge on any atom is -0.387 e. The maximum absolute atomic E-state index is 13.3. The van der Waals surface area contributed by atoms with Crippen LogP contribution in [0.25, 0.3) is 0 Å². The Morgan fingerprint density at radius 1 is 1.25 bits per heavy atom. The monoisotopic (exact) mass is 388 g/mol. The molecule has 0 bridgehead atoms. The SMILES string of the molecule is Cc1cccc(N2CC(C(=O)NCC(O)c3ccc(F)c(F)c3)CC2=O)c1C. The molecule has 2 unspecified atom stereocenters. The summed E-state index contributed by atoms with van der Waals surface area (Å²) in [4.78, 5) is 26.5. The van der Waals surface area contributed by atoms with Crippen molar-refractivity contribution in [2.24, 2.45) is 5.92 Å². The number of halogens is 2. The first-order valence-corrected chi connectivity index (χ1v) is 9.05. The zero-order valence-corrected chi connectivity index (χ0v) is 15.7. The second kappa shape index (κ2) is 8.06. The van der Waals surface area contributed by atoms with Gasteiger partial charge in [-0.3, -0.25) is 9.59 Å². The number of aliphatic hydroxyl groups excluding tert-OH is 1. The molecule has 0 radical (unpaired) electrons.